The molecule has 1 amide bonds. The number of phenolic OH excluding ortho intramolecular Hbond substituents is 1. The Morgan fingerprint density at radius 3 is 2.45 bits per heavy atom. The summed E-state index contributed by atoms with van der Waals surface area (Å²) in [5, 5.41) is 10.1. The zero-order valence-corrected chi connectivity index (χ0v) is 13.0. The molecule has 1 aromatic carbocycles. The molecule has 2 aliphatic heterocycles. The molecule has 0 spiro atoms. The molecule has 22 heavy (non-hydrogen) atoms. The summed E-state index contributed by atoms with van der Waals surface area (Å²) in [6.45, 7) is 7.81. The summed E-state index contributed by atoms with van der Waals surface area (Å²) >= 11 is 0. The Morgan fingerprint density at radius 2 is 1.82 bits per heavy atom. The lowest BCUT2D eigenvalue weighted by atomic mass is 10.1. The number of rotatable bonds is 3. The van der Waals surface area contributed by atoms with Crippen LogP contribution in [-0.4, -0.2) is 53.8 Å². The molecule has 0 radical (unpaired) electrons. The van der Waals surface area contributed by atoms with Crippen molar-refractivity contribution in [3.63, 3.8) is 0 Å². The molecule has 1 aromatic rings. The van der Waals surface area contributed by atoms with Crippen molar-refractivity contribution in [3.05, 3.63) is 17.7 Å². The lowest BCUT2D eigenvalue weighted by Gasteiger charge is -2.35. The fraction of sp³-hybridized carbons (Fsp3) is 0.562. The number of carbonyl (C=O) groups is 1. The van der Waals surface area contributed by atoms with Crippen LogP contribution in [0.25, 0.3) is 0 Å². The first kappa shape index (κ1) is 15.0. The van der Waals surface area contributed by atoms with E-state index in [9.17, 15) is 9.90 Å². The van der Waals surface area contributed by atoms with Crippen LogP contribution < -0.4 is 9.47 Å². The number of hydrogen-bond acceptors (Lipinski definition) is 5. The number of nitrogens with zero attached hydrogens (tertiary/aromatic N) is 2. The van der Waals surface area contributed by atoms with E-state index in [4.69, 9.17) is 9.47 Å². The SMILES string of the molecule is CC(C)C(=O)N1CCN(Cc2cc3c(cc2O)OCO3)CC1. The summed E-state index contributed by atoms with van der Waals surface area (Å²) in [4.78, 5) is 16.1. The van der Waals surface area contributed by atoms with Crippen molar-refractivity contribution in [2.45, 2.75) is 20.4 Å². The maximum absolute atomic E-state index is 12.0. The second-order valence-electron chi connectivity index (χ2n) is 6.09. The topological polar surface area (TPSA) is 62.2 Å². The smallest absolute Gasteiger partial charge is 0.231 e. The molecule has 0 saturated carbocycles. The zero-order chi connectivity index (χ0) is 15.7. The molecule has 0 bridgehead atoms. The highest BCUT2D eigenvalue weighted by molar-refractivity contribution is 5.78. The average molecular weight is 306 g/mol. The molecular weight excluding hydrogens is 284 g/mol. The van der Waals surface area contributed by atoms with Crippen LogP contribution in [0, 0.1) is 5.92 Å². The number of piperazine rings is 1. The average Bonchev–Trinajstić information content (AvgIpc) is 2.94. The van der Waals surface area contributed by atoms with E-state index < -0.39 is 0 Å². The molecule has 0 aliphatic carbocycles. The number of aromatic hydroxyl groups is 1. The third-order valence-corrected chi connectivity index (χ3v) is 4.15. The molecule has 6 nitrogen and oxygen atoms in total. The van der Waals surface area contributed by atoms with Crippen LogP contribution in [0.1, 0.15) is 19.4 Å². The van der Waals surface area contributed by atoms with Crippen LogP contribution in [0.2, 0.25) is 0 Å². The first-order chi connectivity index (χ1) is 10.5. The molecule has 6 heteroatoms. The van der Waals surface area contributed by atoms with Gasteiger partial charge in [0.15, 0.2) is 11.5 Å². The number of benzene rings is 1. The van der Waals surface area contributed by atoms with Gasteiger partial charge in [-0.25, -0.2) is 0 Å². The van der Waals surface area contributed by atoms with Gasteiger partial charge in [-0.15, -0.1) is 0 Å². The van der Waals surface area contributed by atoms with Gasteiger partial charge in [0.25, 0.3) is 0 Å². The van der Waals surface area contributed by atoms with Gasteiger partial charge in [-0.05, 0) is 6.07 Å². The molecule has 0 atom stereocenters. The fourth-order valence-corrected chi connectivity index (χ4v) is 2.83. The molecule has 1 fully saturated rings. The van der Waals surface area contributed by atoms with Crippen molar-refractivity contribution < 1.29 is 19.4 Å². The van der Waals surface area contributed by atoms with Gasteiger partial charge in [0, 0.05) is 50.3 Å². The van der Waals surface area contributed by atoms with Crippen LogP contribution in [0.5, 0.6) is 17.2 Å². The van der Waals surface area contributed by atoms with Gasteiger partial charge in [-0.1, -0.05) is 13.8 Å². The highest BCUT2D eigenvalue weighted by atomic mass is 16.7. The van der Waals surface area contributed by atoms with Crippen molar-refractivity contribution in [2.75, 3.05) is 33.0 Å². The molecule has 120 valence electrons. The molecule has 1 N–H and O–H groups in total. The van der Waals surface area contributed by atoms with E-state index in [1.807, 2.05) is 24.8 Å². The molecule has 3 rings (SSSR count). The maximum Gasteiger partial charge on any atom is 0.231 e. The normalized spacial score (nSPS) is 18.0. The Kier molecular flexibility index (Phi) is 4.11. The van der Waals surface area contributed by atoms with Gasteiger partial charge in [0.05, 0.1) is 0 Å². The van der Waals surface area contributed by atoms with Crippen LogP contribution in [0.4, 0.5) is 0 Å². The van der Waals surface area contributed by atoms with E-state index in [0.29, 0.717) is 18.0 Å². The largest absolute Gasteiger partial charge is 0.507 e. The minimum atomic E-state index is 0.0458. The first-order valence-corrected chi connectivity index (χ1v) is 7.67. The molecular formula is C16H22N2O4. The lowest BCUT2D eigenvalue weighted by molar-refractivity contribution is -0.136. The third-order valence-electron chi connectivity index (χ3n) is 4.15. The number of ether oxygens (including phenoxy) is 2. The highest BCUT2D eigenvalue weighted by Crippen LogP contribution is 2.38. The lowest BCUT2D eigenvalue weighted by Crippen LogP contribution is -2.49. The minimum Gasteiger partial charge on any atom is -0.507 e. The van der Waals surface area contributed by atoms with Crippen molar-refractivity contribution in [3.8, 4) is 17.2 Å². The summed E-state index contributed by atoms with van der Waals surface area (Å²) in [6.07, 6.45) is 0. The Bertz CT molecular complexity index is 566. The molecule has 0 unspecified atom stereocenters. The number of hydrogen-bond donors (Lipinski definition) is 1. The third kappa shape index (κ3) is 2.97. The van der Waals surface area contributed by atoms with E-state index in [2.05, 4.69) is 4.90 Å². The zero-order valence-electron chi connectivity index (χ0n) is 13.0. The monoisotopic (exact) mass is 306 g/mol. The number of carbonyl (C=O) groups excluding carboxylic acids is 1. The molecule has 2 heterocycles. The van der Waals surface area contributed by atoms with Crippen molar-refractivity contribution in [1.82, 2.24) is 9.80 Å². The van der Waals surface area contributed by atoms with E-state index in [1.54, 1.807) is 6.07 Å². The van der Waals surface area contributed by atoms with E-state index in [0.717, 1.165) is 31.7 Å². The second kappa shape index (κ2) is 6.04. The Labute approximate surface area is 130 Å². The summed E-state index contributed by atoms with van der Waals surface area (Å²) in [6, 6.07) is 3.44. The van der Waals surface area contributed by atoms with E-state index in [-0.39, 0.29) is 24.4 Å². The molecule has 0 aromatic heterocycles. The van der Waals surface area contributed by atoms with Gasteiger partial charge >= 0.3 is 0 Å². The van der Waals surface area contributed by atoms with Crippen LogP contribution in [0.15, 0.2) is 12.1 Å². The van der Waals surface area contributed by atoms with Crippen molar-refractivity contribution in [2.24, 2.45) is 5.92 Å². The Hall–Kier alpha value is -1.95. The molecule has 1 saturated heterocycles. The predicted octanol–water partition coefficient (Wildman–Crippen LogP) is 1.42. The summed E-state index contributed by atoms with van der Waals surface area (Å²) < 4.78 is 10.6. The summed E-state index contributed by atoms with van der Waals surface area (Å²) in [7, 11) is 0. The van der Waals surface area contributed by atoms with Crippen molar-refractivity contribution >= 4 is 5.91 Å². The number of phenols is 1. The van der Waals surface area contributed by atoms with Crippen LogP contribution >= 0.6 is 0 Å². The maximum atomic E-state index is 12.0. The first-order valence-electron chi connectivity index (χ1n) is 7.67. The minimum absolute atomic E-state index is 0.0458. The fourth-order valence-electron chi connectivity index (χ4n) is 2.83. The summed E-state index contributed by atoms with van der Waals surface area (Å²) in [5.41, 5.74) is 0.827. The molecule has 2 aliphatic rings. The van der Waals surface area contributed by atoms with Gasteiger partial charge in [0.1, 0.15) is 5.75 Å². The van der Waals surface area contributed by atoms with Gasteiger partial charge < -0.3 is 19.5 Å². The summed E-state index contributed by atoms with van der Waals surface area (Å²) in [5.74, 6) is 1.76. The second-order valence-corrected chi connectivity index (χ2v) is 6.09. The van der Waals surface area contributed by atoms with Crippen molar-refractivity contribution in [1.29, 1.82) is 0 Å². The van der Waals surface area contributed by atoms with E-state index >= 15 is 0 Å². The van der Waals surface area contributed by atoms with Gasteiger partial charge in [-0.2, -0.15) is 0 Å². The Balaban J connectivity index is 1.60. The Morgan fingerprint density at radius 1 is 1.18 bits per heavy atom. The number of amides is 1. The quantitative estimate of drug-likeness (QED) is 0.915. The van der Waals surface area contributed by atoms with Gasteiger partial charge in [0.2, 0.25) is 12.7 Å². The standard InChI is InChI=1S/C16H22N2O4/c1-11(2)16(20)18-5-3-17(4-6-18)9-12-7-14-15(8-13(12)19)22-10-21-14/h7-8,11,19H,3-6,9-10H2,1-2H3. The predicted molar refractivity (Wildman–Crippen MR) is 80.9 cm³/mol. The number of fused-ring (bicyclic) bond motifs is 1. The van der Waals surface area contributed by atoms with Gasteiger partial charge in [-0.3, -0.25) is 9.69 Å². The van der Waals surface area contributed by atoms with Crippen LogP contribution in [0.3, 0.4) is 0 Å². The van der Waals surface area contributed by atoms with Crippen LogP contribution in [-0.2, 0) is 11.3 Å². The highest BCUT2D eigenvalue weighted by Gasteiger charge is 2.24. The van der Waals surface area contributed by atoms with E-state index in [1.165, 1.54) is 0 Å².